The number of ether oxygens (including phenoxy) is 1. The van der Waals surface area contributed by atoms with Gasteiger partial charge in [-0.25, -0.2) is 0 Å². The highest BCUT2D eigenvalue weighted by Crippen LogP contribution is 2.26. The van der Waals surface area contributed by atoms with Crippen LogP contribution in [0.2, 0.25) is 0 Å². The molecule has 1 unspecified atom stereocenters. The van der Waals surface area contributed by atoms with Crippen molar-refractivity contribution in [1.29, 1.82) is 0 Å². The second kappa shape index (κ2) is 4.43. The smallest absolute Gasteiger partial charge is 0.306 e. The zero-order valence-electron chi connectivity index (χ0n) is 9.10. The van der Waals surface area contributed by atoms with E-state index in [0.717, 1.165) is 12.0 Å². The van der Waals surface area contributed by atoms with E-state index in [1.807, 2.05) is 12.1 Å². The van der Waals surface area contributed by atoms with E-state index in [4.69, 9.17) is 0 Å². The number of methoxy groups -OCH3 is 1. The van der Waals surface area contributed by atoms with Crippen molar-refractivity contribution in [2.24, 2.45) is 5.92 Å². The molecule has 1 aliphatic carbocycles. The fourth-order valence-corrected chi connectivity index (χ4v) is 2.00. The van der Waals surface area contributed by atoms with Crippen LogP contribution in [0.5, 0.6) is 0 Å². The number of rotatable bonds is 2. The van der Waals surface area contributed by atoms with Gasteiger partial charge in [0.1, 0.15) is 5.69 Å². The number of hydrogen-bond donors (Lipinski definition) is 0. The number of pyridine rings is 1. The Bertz CT molecular complexity index is 428. The molecular weight excluding hydrogens is 206 g/mol. The molecule has 0 N–H and O–H groups in total. The van der Waals surface area contributed by atoms with Crippen molar-refractivity contribution < 1.29 is 14.3 Å². The minimum Gasteiger partial charge on any atom is -0.469 e. The average Bonchev–Trinajstić information content (AvgIpc) is 2.33. The van der Waals surface area contributed by atoms with E-state index >= 15 is 0 Å². The lowest BCUT2D eigenvalue weighted by molar-refractivity contribution is -0.141. The summed E-state index contributed by atoms with van der Waals surface area (Å²) in [5.41, 5.74) is 1.50. The van der Waals surface area contributed by atoms with Gasteiger partial charge >= 0.3 is 5.97 Å². The third-order valence-corrected chi connectivity index (χ3v) is 2.90. The Morgan fingerprint density at radius 3 is 3.19 bits per heavy atom. The van der Waals surface area contributed by atoms with Crippen LogP contribution in [0, 0.1) is 5.92 Å². The third kappa shape index (κ3) is 1.96. The predicted octanol–water partition coefficient (Wildman–Crippen LogP) is 1.39. The molecule has 1 atom stereocenters. The molecule has 1 aromatic heterocycles. The van der Waals surface area contributed by atoms with Crippen LogP contribution in [0.15, 0.2) is 18.3 Å². The van der Waals surface area contributed by atoms with Gasteiger partial charge in [0.15, 0.2) is 5.78 Å². The normalized spacial score (nSPS) is 19.1. The number of aryl methyl sites for hydroxylation is 1. The summed E-state index contributed by atoms with van der Waals surface area (Å²) in [6.45, 7) is 0. The molecule has 4 nitrogen and oxygen atoms in total. The van der Waals surface area contributed by atoms with Crippen molar-refractivity contribution >= 4 is 11.8 Å². The Labute approximate surface area is 93.6 Å². The Kier molecular flexibility index (Phi) is 2.99. The highest BCUT2D eigenvalue weighted by molar-refractivity contribution is 5.99. The van der Waals surface area contributed by atoms with Crippen molar-refractivity contribution in [3.05, 3.63) is 29.6 Å². The Morgan fingerprint density at radius 2 is 2.44 bits per heavy atom. The number of fused-ring (bicyclic) bond motifs is 1. The largest absolute Gasteiger partial charge is 0.469 e. The summed E-state index contributed by atoms with van der Waals surface area (Å²) in [6, 6.07) is 3.74. The van der Waals surface area contributed by atoms with Crippen LogP contribution < -0.4 is 0 Å². The SMILES string of the molecule is COC(=O)CC1CCc2cccnc2C1=O. The van der Waals surface area contributed by atoms with E-state index in [9.17, 15) is 9.59 Å². The van der Waals surface area contributed by atoms with Gasteiger partial charge in [0.25, 0.3) is 0 Å². The number of ketones is 1. The lowest BCUT2D eigenvalue weighted by atomic mass is 9.84. The quantitative estimate of drug-likeness (QED) is 0.705. The Hall–Kier alpha value is -1.71. The number of carbonyl (C=O) groups is 2. The molecule has 0 saturated carbocycles. The topological polar surface area (TPSA) is 56.3 Å². The lowest BCUT2D eigenvalue weighted by Crippen LogP contribution is -2.26. The number of hydrogen-bond acceptors (Lipinski definition) is 4. The van der Waals surface area contributed by atoms with Crippen LogP contribution in [0.4, 0.5) is 0 Å². The maximum atomic E-state index is 12.0. The summed E-state index contributed by atoms with van der Waals surface area (Å²) >= 11 is 0. The first-order valence-electron chi connectivity index (χ1n) is 5.27. The monoisotopic (exact) mass is 219 g/mol. The molecule has 0 spiro atoms. The molecule has 0 saturated heterocycles. The molecule has 0 aliphatic heterocycles. The summed E-state index contributed by atoms with van der Waals surface area (Å²) in [5, 5.41) is 0. The van der Waals surface area contributed by atoms with Gasteiger partial charge in [-0.3, -0.25) is 14.6 Å². The van der Waals surface area contributed by atoms with Crippen molar-refractivity contribution in [3.8, 4) is 0 Å². The third-order valence-electron chi connectivity index (χ3n) is 2.90. The van der Waals surface area contributed by atoms with Crippen molar-refractivity contribution in [2.45, 2.75) is 19.3 Å². The van der Waals surface area contributed by atoms with Crippen LogP contribution in [-0.4, -0.2) is 23.8 Å². The number of carbonyl (C=O) groups excluding carboxylic acids is 2. The number of aromatic nitrogens is 1. The first kappa shape index (κ1) is 10.8. The molecule has 2 rings (SSSR count). The molecule has 4 heteroatoms. The van der Waals surface area contributed by atoms with E-state index in [2.05, 4.69) is 9.72 Å². The summed E-state index contributed by atoms with van der Waals surface area (Å²) in [4.78, 5) is 27.2. The molecule has 1 aliphatic rings. The highest BCUT2D eigenvalue weighted by atomic mass is 16.5. The van der Waals surface area contributed by atoms with Gasteiger partial charge in [0, 0.05) is 12.1 Å². The van der Waals surface area contributed by atoms with Gasteiger partial charge in [-0.05, 0) is 24.5 Å². The molecule has 1 heterocycles. The van der Waals surface area contributed by atoms with Gasteiger partial charge in [0.05, 0.1) is 13.5 Å². The second-order valence-corrected chi connectivity index (χ2v) is 3.89. The first-order chi connectivity index (χ1) is 7.72. The molecular formula is C12H13NO3. The highest BCUT2D eigenvalue weighted by Gasteiger charge is 2.30. The van der Waals surface area contributed by atoms with E-state index in [-0.39, 0.29) is 24.1 Å². The summed E-state index contributed by atoms with van der Waals surface area (Å²) in [5.74, 6) is -0.639. The fourth-order valence-electron chi connectivity index (χ4n) is 2.00. The van der Waals surface area contributed by atoms with E-state index in [1.54, 1.807) is 6.20 Å². The summed E-state index contributed by atoms with van der Waals surface area (Å²) < 4.78 is 4.58. The van der Waals surface area contributed by atoms with E-state index < -0.39 is 0 Å². The van der Waals surface area contributed by atoms with Crippen molar-refractivity contribution in [3.63, 3.8) is 0 Å². The van der Waals surface area contributed by atoms with Gasteiger partial charge in [-0.15, -0.1) is 0 Å². The molecule has 1 aromatic rings. The van der Waals surface area contributed by atoms with Gasteiger partial charge in [0.2, 0.25) is 0 Å². The van der Waals surface area contributed by atoms with Crippen LogP contribution >= 0.6 is 0 Å². The van der Waals surface area contributed by atoms with Gasteiger partial charge in [-0.1, -0.05) is 6.07 Å². The fraction of sp³-hybridized carbons (Fsp3) is 0.417. The Morgan fingerprint density at radius 1 is 1.62 bits per heavy atom. The van der Waals surface area contributed by atoms with E-state index in [0.29, 0.717) is 12.1 Å². The maximum Gasteiger partial charge on any atom is 0.306 e. The lowest BCUT2D eigenvalue weighted by Gasteiger charge is -2.21. The predicted molar refractivity (Wildman–Crippen MR) is 57.0 cm³/mol. The van der Waals surface area contributed by atoms with Crippen LogP contribution in [-0.2, 0) is 16.0 Å². The number of nitrogens with zero attached hydrogens (tertiary/aromatic N) is 1. The molecule has 0 amide bonds. The van der Waals surface area contributed by atoms with Gasteiger partial charge in [-0.2, -0.15) is 0 Å². The summed E-state index contributed by atoms with van der Waals surface area (Å²) in [7, 11) is 1.34. The minimum absolute atomic E-state index is 0.0350. The van der Waals surface area contributed by atoms with Crippen LogP contribution in [0.25, 0.3) is 0 Å². The van der Waals surface area contributed by atoms with Crippen LogP contribution in [0.3, 0.4) is 0 Å². The molecule has 0 radical (unpaired) electrons. The van der Waals surface area contributed by atoms with Crippen molar-refractivity contribution in [1.82, 2.24) is 4.98 Å². The first-order valence-corrected chi connectivity index (χ1v) is 5.27. The molecule has 84 valence electrons. The van der Waals surface area contributed by atoms with Gasteiger partial charge < -0.3 is 4.74 Å². The zero-order valence-corrected chi connectivity index (χ0v) is 9.10. The minimum atomic E-state index is -0.335. The zero-order chi connectivity index (χ0) is 11.5. The Balaban J connectivity index is 2.18. The number of esters is 1. The second-order valence-electron chi connectivity index (χ2n) is 3.89. The molecule has 16 heavy (non-hydrogen) atoms. The maximum absolute atomic E-state index is 12.0. The summed E-state index contributed by atoms with van der Waals surface area (Å²) in [6.07, 6.45) is 3.27. The molecule has 0 bridgehead atoms. The molecule has 0 aromatic carbocycles. The van der Waals surface area contributed by atoms with Crippen molar-refractivity contribution in [2.75, 3.05) is 7.11 Å². The van der Waals surface area contributed by atoms with E-state index in [1.165, 1.54) is 7.11 Å². The number of Topliss-reactive ketones (excluding diaryl/α,β-unsaturated/α-hetero) is 1. The molecule has 0 fully saturated rings. The average molecular weight is 219 g/mol. The standard InChI is InChI=1S/C12H13NO3/c1-16-10(14)7-9-5-4-8-3-2-6-13-11(8)12(9)15/h2-3,6,9H,4-5,7H2,1H3. The van der Waals surface area contributed by atoms with Crippen LogP contribution in [0.1, 0.15) is 28.9 Å².